The van der Waals surface area contributed by atoms with Gasteiger partial charge in [-0.05, 0) is 42.9 Å². The van der Waals surface area contributed by atoms with Crippen LogP contribution in [0.2, 0.25) is 0 Å². The first kappa shape index (κ1) is 21.8. The third kappa shape index (κ3) is 3.69. The second-order valence-corrected chi connectivity index (χ2v) is 7.71. The van der Waals surface area contributed by atoms with Gasteiger partial charge in [-0.3, -0.25) is 9.59 Å². The van der Waals surface area contributed by atoms with Crippen molar-refractivity contribution in [1.82, 2.24) is 9.80 Å². The molecule has 1 aliphatic heterocycles. The normalized spacial score (nSPS) is 15.4. The predicted octanol–water partition coefficient (Wildman–Crippen LogP) is 3.47. The van der Waals surface area contributed by atoms with Crippen LogP contribution in [0.4, 0.5) is 0 Å². The van der Waals surface area contributed by atoms with Gasteiger partial charge in [-0.1, -0.05) is 38.1 Å². The maximum absolute atomic E-state index is 13.4. The molecule has 7 heteroatoms. The number of carbonyl (C=O) groups is 2. The number of amides is 1. The molecule has 32 heavy (non-hydrogen) atoms. The van der Waals surface area contributed by atoms with E-state index in [2.05, 4.69) is 18.7 Å². The standard InChI is InChI=1S/C25H26N2O5/c1-4-26(5-2)14-15-27-21(16-10-12-17(13-11-16)25(30)31-3)20-22(28)18-8-6-7-9-19(18)32-23(20)24(27)29/h6-13,21H,4-5,14-15H2,1-3H3/t21-/m1/s1. The Hall–Kier alpha value is -3.45. The Bertz CT molecular complexity index is 1210. The third-order valence-electron chi connectivity index (χ3n) is 6.07. The number of methoxy groups -OCH3 is 1. The lowest BCUT2D eigenvalue weighted by Gasteiger charge is -2.28. The van der Waals surface area contributed by atoms with E-state index in [-0.39, 0.29) is 17.1 Å². The largest absolute Gasteiger partial charge is 0.465 e. The van der Waals surface area contributed by atoms with Crippen molar-refractivity contribution in [3.8, 4) is 0 Å². The quantitative estimate of drug-likeness (QED) is 0.530. The molecule has 166 valence electrons. The summed E-state index contributed by atoms with van der Waals surface area (Å²) in [6, 6.07) is 13.2. The molecule has 0 fully saturated rings. The van der Waals surface area contributed by atoms with Crippen molar-refractivity contribution in [3.63, 3.8) is 0 Å². The van der Waals surface area contributed by atoms with E-state index in [0.717, 1.165) is 18.7 Å². The van der Waals surface area contributed by atoms with Crippen molar-refractivity contribution in [1.29, 1.82) is 0 Å². The molecule has 2 aromatic carbocycles. The van der Waals surface area contributed by atoms with E-state index < -0.39 is 12.0 Å². The monoisotopic (exact) mass is 434 g/mol. The number of rotatable bonds is 7. The highest BCUT2D eigenvalue weighted by Gasteiger charge is 2.42. The number of carbonyl (C=O) groups excluding carboxylic acids is 2. The summed E-state index contributed by atoms with van der Waals surface area (Å²) < 4.78 is 10.7. The van der Waals surface area contributed by atoms with Crippen LogP contribution in [0.1, 0.15) is 51.9 Å². The second-order valence-electron chi connectivity index (χ2n) is 7.71. The molecule has 0 unspecified atom stereocenters. The van der Waals surface area contributed by atoms with Crippen LogP contribution >= 0.6 is 0 Å². The summed E-state index contributed by atoms with van der Waals surface area (Å²) in [5.74, 6) is -0.643. The zero-order chi connectivity index (χ0) is 22.8. The average Bonchev–Trinajstić information content (AvgIpc) is 3.11. The molecule has 0 saturated carbocycles. The third-order valence-corrected chi connectivity index (χ3v) is 6.07. The van der Waals surface area contributed by atoms with Gasteiger partial charge in [0.15, 0.2) is 5.43 Å². The summed E-state index contributed by atoms with van der Waals surface area (Å²) in [7, 11) is 1.33. The smallest absolute Gasteiger partial charge is 0.337 e. The Morgan fingerprint density at radius 3 is 2.41 bits per heavy atom. The summed E-state index contributed by atoms with van der Waals surface area (Å²) in [4.78, 5) is 42.6. The van der Waals surface area contributed by atoms with Crippen LogP contribution < -0.4 is 5.43 Å². The molecule has 2 heterocycles. The van der Waals surface area contributed by atoms with Gasteiger partial charge in [0.1, 0.15) is 5.58 Å². The lowest BCUT2D eigenvalue weighted by atomic mass is 9.97. The molecule has 0 bridgehead atoms. The summed E-state index contributed by atoms with van der Waals surface area (Å²) >= 11 is 0. The molecule has 1 aliphatic rings. The number of ether oxygens (including phenoxy) is 1. The van der Waals surface area contributed by atoms with Crippen molar-refractivity contribution < 1.29 is 18.7 Å². The average molecular weight is 434 g/mol. The number of hydrogen-bond donors (Lipinski definition) is 0. The number of esters is 1. The van der Waals surface area contributed by atoms with E-state index >= 15 is 0 Å². The molecule has 3 aromatic rings. The van der Waals surface area contributed by atoms with Gasteiger partial charge in [-0.15, -0.1) is 0 Å². The molecule has 4 rings (SSSR count). The van der Waals surface area contributed by atoms with Gasteiger partial charge in [0, 0.05) is 13.1 Å². The van der Waals surface area contributed by atoms with Gasteiger partial charge in [-0.25, -0.2) is 4.79 Å². The number of para-hydroxylation sites is 1. The first-order chi connectivity index (χ1) is 15.5. The fourth-order valence-corrected chi connectivity index (χ4v) is 4.25. The van der Waals surface area contributed by atoms with Crippen LogP contribution in [-0.2, 0) is 4.74 Å². The topological polar surface area (TPSA) is 80.1 Å². The van der Waals surface area contributed by atoms with Gasteiger partial charge in [-0.2, -0.15) is 0 Å². The number of nitrogens with zero attached hydrogens (tertiary/aromatic N) is 2. The van der Waals surface area contributed by atoms with Gasteiger partial charge in [0.25, 0.3) is 5.91 Å². The van der Waals surface area contributed by atoms with Gasteiger partial charge < -0.3 is 19.0 Å². The molecular weight excluding hydrogens is 408 g/mol. The van der Waals surface area contributed by atoms with Crippen LogP contribution in [0.5, 0.6) is 0 Å². The molecule has 7 nitrogen and oxygen atoms in total. The number of fused-ring (bicyclic) bond motifs is 2. The fourth-order valence-electron chi connectivity index (χ4n) is 4.25. The Kier molecular flexibility index (Phi) is 6.10. The molecule has 0 saturated heterocycles. The van der Waals surface area contributed by atoms with Crippen molar-refractivity contribution in [3.05, 3.63) is 81.2 Å². The van der Waals surface area contributed by atoms with Gasteiger partial charge in [0.05, 0.1) is 29.7 Å². The van der Waals surface area contributed by atoms with E-state index in [0.29, 0.717) is 35.2 Å². The Labute approximate surface area is 186 Å². The zero-order valence-corrected chi connectivity index (χ0v) is 18.5. The molecule has 1 aromatic heterocycles. The molecule has 0 N–H and O–H groups in total. The highest BCUT2D eigenvalue weighted by atomic mass is 16.5. The molecule has 1 atom stereocenters. The maximum Gasteiger partial charge on any atom is 0.337 e. The second kappa shape index (κ2) is 8.96. The predicted molar refractivity (Wildman–Crippen MR) is 121 cm³/mol. The molecular formula is C25H26N2O5. The van der Waals surface area contributed by atoms with Crippen LogP contribution in [0, 0.1) is 0 Å². The van der Waals surface area contributed by atoms with Crippen LogP contribution in [0.3, 0.4) is 0 Å². The van der Waals surface area contributed by atoms with E-state index in [4.69, 9.17) is 9.15 Å². The highest BCUT2D eigenvalue weighted by molar-refractivity contribution is 5.99. The van der Waals surface area contributed by atoms with Crippen molar-refractivity contribution in [2.24, 2.45) is 0 Å². The molecule has 0 spiro atoms. The lowest BCUT2D eigenvalue weighted by molar-refractivity contribution is 0.0599. The maximum atomic E-state index is 13.4. The van der Waals surface area contributed by atoms with Crippen molar-refractivity contribution >= 4 is 22.8 Å². The minimum atomic E-state index is -0.583. The Morgan fingerprint density at radius 1 is 1.06 bits per heavy atom. The number of hydrogen-bond acceptors (Lipinski definition) is 6. The molecule has 0 aliphatic carbocycles. The minimum absolute atomic E-state index is 0.0929. The highest BCUT2D eigenvalue weighted by Crippen LogP contribution is 2.38. The van der Waals surface area contributed by atoms with Crippen LogP contribution in [0.25, 0.3) is 11.0 Å². The Balaban J connectivity index is 1.83. The summed E-state index contributed by atoms with van der Waals surface area (Å²) in [6.45, 7) is 7.01. The first-order valence-electron chi connectivity index (χ1n) is 10.8. The van der Waals surface area contributed by atoms with Crippen molar-refractivity contribution in [2.75, 3.05) is 33.3 Å². The summed E-state index contributed by atoms with van der Waals surface area (Å²) in [5.41, 5.74) is 1.68. The van der Waals surface area contributed by atoms with Gasteiger partial charge in [0.2, 0.25) is 5.76 Å². The summed E-state index contributed by atoms with van der Waals surface area (Å²) in [6.07, 6.45) is 0. The van der Waals surface area contributed by atoms with E-state index in [1.807, 2.05) is 0 Å². The van der Waals surface area contributed by atoms with Crippen LogP contribution in [0.15, 0.2) is 57.7 Å². The van der Waals surface area contributed by atoms with E-state index in [1.165, 1.54) is 7.11 Å². The SMILES string of the molecule is CCN(CC)CCN1C(=O)c2oc3ccccc3c(=O)c2[C@H]1c1ccc(C(=O)OC)cc1. The Morgan fingerprint density at radius 2 is 1.75 bits per heavy atom. The lowest BCUT2D eigenvalue weighted by Crippen LogP contribution is -2.37. The number of likely N-dealkylation sites (N-methyl/N-ethyl adjacent to an activating group) is 1. The molecule has 1 amide bonds. The molecule has 0 radical (unpaired) electrons. The fraction of sp³-hybridized carbons (Fsp3) is 0.320. The zero-order valence-electron chi connectivity index (χ0n) is 18.5. The van der Waals surface area contributed by atoms with Crippen molar-refractivity contribution in [2.45, 2.75) is 19.9 Å². The van der Waals surface area contributed by atoms with Gasteiger partial charge >= 0.3 is 5.97 Å². The first-order valence-corrected chi connectivity index (χ1v) is 10.8. The summed E-state index contributed by atoms with van der Waals surface area (Å²) in [5, 5.41) is 0.445. The van der Waals surface area contributed by atoms with E-state index in [9.17, 15) is 14.4 Å². The van der Waals surface area contributed by atoms with E-state index in [1.54, 1.807) is 53.4 Å². The van der Waals surface area contributed by atoms with Crippen LogP contribution in [-0.4, -0.2) is 55.0 Å². The number of benzene rings is 2. The minimum Gasteiger partial charge on any atom is -0.465 e.